The van der Waals surface area contributed by atoms with E-state index in [0.717, 1.165) is 12.8 Å². The van der Waals surface area contributed by atoms with Crippen molar-refractivity contribution in [2.45, 2.75) is 39.5 Å². The van der Waals surface area contributed by atoms with Crippen LogP contribution >= 0.6 is 0 Å². The number of aryl methyl sites for hydroxylation is 1. The lowest BCUT2D eigenvalue weighted by Gasteiger charge is -1.97. The van der Waals surface area contributed by atoms with Gasteiger partial charge < -0.3 is 4.52 Å². The van der Waals surface area contributed by atoms with Gasteiger partial charge in [0.05, 0.1) is 5.92 Å². The molecular weight excluding hydrogens is 168 g/mol. The monoisotopic (exact) mass is 182 g/mol. The Morgan fingerprint density at radius 1 is 1.62 bits per heavy atom. The molecule has 0 fully saturated rings. The third-order valence-electron chi connectivity index (χ3n) is 1.94. The number of carbonyl (C=O) groups is 1. The zero-order valence-electron chi connectivity index (χ0n) is 8.20. The predicted octanol–water partition coefficient (Wildman–Crippen LogP) is 1.71. The Bertz CT molecular complexity index is 294. The zero-order chi connectivity index (χ0) is 9.84. The van der Waals surface area contributed by atoms with Crippen molar-refractivity contribution >= 4 is 5.78 Å². The van der Waals surface area contributed by atoms with Gasteiger partial charge in [0.1, 0.15) is 5.78 Å². The summed E-state index contributed by atoms with van der Waals surface area (Å²) in [6.45, 7) is 5.34. The van der Waals surface area contributed by atoms with Gasteiger partial charge >= 0.3 is 0 Å². The molecule has 1 heterocycles. The molecule has 1 aromatic heterocycles. The minimum atomic E-state index is -0.280. The molecule has 13 heavy (non-hydrogen) atoms. The van der Waals surface area contributed by atoms with Crippen molar-refractivity contribution in [2.24, 2.45) is 0 Å². The first-order chi connectivity index (χ1) is 6.15. The fraction of sp³-hybridized carbons (Fsp3) is 0.667. The highest BCUT2D eigenvalue weighted by atomic mass is 16.5. The number of Topliss-reactive ketones (excluding diaryl/α,β-unsaturated/α-hetero) is 1. The maximum Gasteiger partial charge on any atom is 0.236 e. The predicted molar refractivity (Wildman–Crippen MR) is 47.4 cm³/mol. The summed E-state index contributed by atoms with van der Waals surface area (Å²) in [6.07, 6.45) is 1.78. The molecule has 72 valence electrons. The summed E-state index contributed by atoms with van der Waals surface area (Å²) in [4.78, 5) is 15.1. The number of nitrogens with zero attached hydrogens (tertiary/aromatic N) is 2. The molecule has 4 nitrogen and oxygen atoms in total. The van der Waals surface area contributed by atoms with E-state index in [1.165, 1.54) is 6.92 Å². The molecule has 0 aliphatic heterocycles. The highest BCUT2D eigenvalue weighted by Gasteiger charge is 2.17. The Hall–Kier alpha value is -1.19. The van der Waals surface area contributed by atoms with Crippen LogP contribution in [0.3, 0.4) is 0 Å². The summed E-state index contributed by atoms with van der Waals surface area (Å²) in [5.74, 6) is 0.881. The first-order valence-corrected chi connectivity index (χ1v) is 4.48. The van der Waals surface area contributed by atoms with Gasteiger partial charge in [-0.3, -0.25) is 4.79 Å². The summed E-state index contributed by atoms with van der Waals surface area (Å²) in [5, 5.41) is 3.77. The van der Waals surface area contributed by atoms with Gasteiger partial charge in [0.2, 0.25) is 5.89 Å². The normalized spacial score (nSPS) is 12.8. The Morgan fingerprint density at radius 3 is 2.85 bits per heavy atom. The number of aromatic nitrogens is 2. The molecule has 0 aliphatic rings. The average Bonchev–Trinajstić information content (AvgIpc) is 2.52. The Kier molecular flexibility index (Phi) is 3.17. The third-order valence-corrected chi connectivity index (χ3v) is 1.94. The van der Waals surface area contributed by atoms with Gasteiger partial charge in [0.15, 0.2) is 5.82 Å². The van der Waals surface area contributed by atoms with Crippen LogP contribution in [0.4, 0.5) is 0 Å². The maximum atomic E-state index is 11.0. The first kappa shape index (κ1) is 9.89. The summed E-state index contributed by atoms with van der Waals surface area (Å²) < 4.78 is 4.96. The Labute approximate surface area is 77.3 Å². The van der Waals surface area contributed by atoms with Crippen LogP contribution in [-0.2, 0) is 11.2 Å². The van der Waals surface area contributed by atoms with Gasteiger partial charge in [-0.05, 0) is 20.3 Å². The van der Waals surface area contributed by atoms with Crippen molar-refractivity contribution in [3.05, 3.63) is 11.7 Å². The van der Waals surface area contributed by atoms with Crippen molar-refractivity contribution in [3.63, 3.8) is 0 Å². The number of hydrogen-bond acceptors (Lipinski definition) is 4. The Balaban J connectivity index is 2.73. The number of rotatable bonds is 4. The molecule has 0 aliphatic carbocycles. The summed E-state index contributed by atoms with van der Waals surface area (Å²) >= 11 is 0. The summed E-state index contributed by atoms with van der Waals surface area (Å²) in [5.41, 5.74) is 0. The van der Waals surface area contributed by atoms with Crippen LogP contribution < -0.4 is 0 Å². The van der Waals surface area contributed by atoms with Gasteiger partial charge in [-0.1, -0.05) is 12.1 Å². The molecule has 0 radical (unpaired) electrons. The molecular formula is C9H14N2O2. The lowest BCUT2D eigenvalue weighted by Crippen LogP contribution is -2.04. The van der Waals surface area contributed by atoms with E-state index in [2.05, 4.69) is 10.1 Å². The van der Waals surface area contributed by atoms with Crippen LogP contribution in [0.2, 0.25) is 0 Å². The topological polar surface area (TPSA) is 56.0 Å². The number of ketones is 1. The number of carbonyl (C=O) groups excluding carboxylic acids is 1. The van der Waals surface area contributed by atoms with Crippen LogP contribution in [0.15, 0.2) is 4.52 Å². The molecule has 0 saturated heterocycles. The number of hydrogen-bond donors (Lipinski definition) is 0. The van der Waals surface area contributed by atoms with Gasteiger partial charge in [-0.15, -0.1) is 0 Å². The van der Waals surface area contributed by atoms with E-state index in [-0.39, 0.29) is 11.7 Å². The molecule has 1 unspecified atom stereocenters. The summed E-state index contributed by atoms with van der Waals surface area (Å²) in [7, 11) is 0. The van der Waals surface area contributed by atoms with Crippen LogP contribution in [-0.4, -0.2) is 15.9 Å². The third kappa shape index (κ3) is 2.37. The maximum absolute atomic E-state index is 11.0. The van der Waals surface area contributed by atoms with Crippen molar-refractivity contribution in [2.75, 3.05) is 0 Å². The lowest BCUT2D eigenvalue weighted by molar-refractivity contribution is -0.118. The van der Waals surface area contributed by atoms with Gasteiger partial charge in [-0.2, -0.15) is 4.98 Å². The lowest BCUT2D eigenvalue weighted by atomic mass is 10.1. The molecule has 1 rings (SSSR count). The van der Waals surface area contributed by atoms with Crippen molar-refractivity contribution in [1.29, 1.82) is 0 Å². The fourth-order valence-corrected chi connectivity index (χ4v) is 0.942. The summed E-state index contributed by atoms with van der Waals surface area (Å²) in [6, 6.07) is 0. The van der Waals surface area contributed by atoms with E-state index >= 15 is 0 Å². The van der Waals surface area contributed by atoms with Crippen molar-refractivity contribution in [3.8, 4) is 0 Å². The fourth-order valence-electron chi connectivity index (χ4n) is 0.942. The van der Waals surface area contributed by atoms with E-state index in [9.17, 15) is 4.79 Å². The highest BCUT2D eigenvalue weighted by molar-refractivity contribution is 5.81. The second-order valence-corrected chi connectivity index (χ2v) is 3.13. The van der Waals surface area contributed by atoms with Crippen LogP contribution in [0.1, 0.15) is 44.8 Å². The minimum absolute atomic E-state index is 0.0479. The Morgan fingerprint density at radius 2 is 2.31 bits per heavy atom. The molecule has 0 bridgehead atoms. The van der Waals surface area contributed by atoms with E-state index in [1.807, 2.05) is 6.92 Å². The van der Waals surface area contributed by atoms with E-state index < -0.39 is 0 Å². The van der Waals surface area contributed by atoms with Gasteiger partial charge in [-0.25, -0.2) is 0 Å². The van der Waals surface area contributed by atoms with Crippen LogP contribution in [0, 0.1) is 0 Å². The zero-order valence-corrected chi connectivity index (χ0v) is 8.20. The molecule has 1 aromatic rings. The first-order valence-electron chi connectivity index (χ1n) is 4.48. The van der Waals surface area contributed by atoms with Crippen molar-refractivity contribution in [1.82, 2.24) is 10.1 Å². The molecule has 0 aromatic carbocycles. The van der Waals surface area contributed by atoms with E-state index in [4.69, 9.17) is 4.52 Å². The van der Waals surface area contributed by atoms with Crippen molar-refractivity contribution < 1.29 is 9.32 Å². The molecule has 1 atom stereocenters. The molecule has 0 N–H and O–H groups in total. The van der Waals surface area contributed by atoms with E-state index in [0.29, 0.717) is 11.7 Å². The minimum Gasteiger partial charge on any atom is -0.339 e. The van der Waals surface area contributed by atoms with Crippen LogP contribution in [0.25, 0.3) is 0 Å². The molecule has 4 heteroatoms. The molecule has 0 spiro atoms. The molecule has 0 saturated carbocycles. The second-order valence-electron chi connectivity index (χ2n) is 3.13. The van der Waals surface area contributed by atoms with E-state index in [1.54, 1.807) is 6.92 Å². The van der Waals surface area contributed by atoms with Gasteiger partial charge in [0.25, 0.3) is 0 Å². The second kappa shape index (κ2) is 4.16. The quantitative estimate of drug-likeness (QED) is 0.711. The SMILES string of the molecule is CCCc1noc(C(C)C(C)=O)n1. The standard InChI is InChI=1S/C9H14N2O2/c1-4-5-8-10-9(13-11-8)6(2)7(3)12/h6H,4-5H2,1-3H3. The molecule has 0 amide bonds. The smallest absolute Gasteiger partial charge is 0.236 e. The largest absolute Gasteiger partial charge is 0.339 e. The van der Waals surface area contributed by atoms with Crippen LogP contribution in [0.5, 0.6) is 0 Å². The van der Waals surface area contributed by atoms with Gasteiger partial charge in [0, 0.05) is 6.42 Å². The average molecular weight is 182 g/mol. The highest BCUT2D eigenvalue weighted by Crippen LogP contribution is 2.13.